The third kappa shape index (κ3) is 5.90. The predicted octanol–water partition coefficient (Wildman–Crippen LogP) is -0.259. The fourth-order valence-electron chi connectivity index (χ4n) is 4.68. The molecule has 0 aromatic heterocycles. The van der Waals surface area contributed by atoms with E-state index in [2.05, 4.69) is 0 Å². The number of ether oxygens (including phenoxy) is 5. The van der Waals surface area contributed by atoms with Gasteiger partial charge in [0.2, 0.25) is 6.29 Å². The minimum absolute atomic E-state index is 0.0799. The van der Waals surface area contributed by atoms with Crippen LogP contribution in [0.1, 0.15) is 12.0 Å². The lowest BCUT2D eigenvalue weighted by Gasteiger charge is -2.43. The van der Waals surface area contributed by atoms with Gasteiger partial charge in [0, 0.05) is 12.0 Å². The maximum absolute atomic E-state index is 12.2. The van der Waals surface area contributed by atoms with Gasteiger partial charge in [0.05, 0.1) is 31.5 Å². The van der Waals surface area contributed by atoms with E-state index in [4.69, 9.17) is 23.7 Å². The molecule has 4 rings (SSSR count). The molecule has 1 saturated heterocycles. The fourth-order valence-corrected chi connectivity index (χ4v) is 4.68. The molecule has 0 radical (unpaired) electrons. The number of phenolic OH excluding ortho intramolecular Hbond substituents is 1. The predicted molar refractivity (Wildman–Crippen MR) is 128 cm³/mol. The van der Waals surface area contributed by atoms with E-state index in [1.165, 1.54) is 31.6 Å². The van der Waals surface area contributed by atoms with Crippen LogP contribution in [0.5, 0.6) is 5.75 Å². The molecule has 0 amide bonds. The molecule has 206 valence electrons. The molecule has 1 aromatic rings. The van der Waals surface area contributed by atoms with Crippen molar-refractivity contribution in [3.63, 3.8) is 0 Å². The number of fused-ring (bicyclic) bond motifs is 1. The smallest absolute Gasteiger partial charge is 0.337 e. The molecule has 1 aromatic carbocycles. The molecule has 3 aliphatic rings. The summed E-state index contributed by atoms with van der Waals surface area (Å²) in [6.07, 6.45) is -2.81. The summed E-state index contributed by atoms with van der Waals surface area (Å²) in [6.45, 7) is -0.778. The maximum atomic E-state index is 12.2. The normalized spacial score (nSPS) is 32.7. The Kier molecular flexibility index (Phi) is 8.82. The van der Waals surface area contributed by atoms with Crippen LogP contribution in [0.15, 0.2) is 53.8 Å². The zero-order valence-electron chi connectivity index (χ0n) is 20.5. The number of allylic oxidation sites excluding steroid dienone is 1. The van der Waals surface area contributed by atoms with Crippen LogP contribution < -0.4 is 0 Å². The summed E-state index contributed by atoms with van der Waals surface area (Å²) in [7, 11) is 1.24. The summed E-state index contributed by atoms with van der Waals surface area (Å²) in [5.74, 6) is -2.26. The Labute approximate surface area is 218 Å². The number of phenols is 1. The lowest BCUT2D eigenvalue weighted by atomic mass is 9.83. The second-order valence-corrected chi connectivity index (χ2v) is 9.08. The molecule has 0 bridgehead atoms. The number of aliphatic hydroxyl groups is 4. The van der Waals surface area contributed by atoms with E-state index in [1.807, 2.05) is 0 Å². The number of hydrogen-bond donors (Lipinski definition) is 5. The van der Waals surface area contributed by atoms with Gasteiger partial charge in [0.15, 0.2) is 6.29 Å². The molecule has 2 aliphatic heterocycles. The highest BCUT2D eigenvalue weighted by atomic mass is 16.8. The Balaban J connectivity index is 1.41. The summed E-state index contributed by atoms with van der Waals surface area (Å²) < 4.78 is 27.0. The van der Waals surface area contributed by atoms with Gasteiger partial charge in [-0.25, -0.2) is 9.59 Å². The van der Waals surface area contributed by atoms with E-state index < -0.39 is 67.4 Å². The van der Waals surface area contributed by atoms with Crippen LogP contribution in [0, 0.1) is 11.8 Å². The number of carbonyl (C=O) groups excluding carboxylic acids is 2. The van der Waals surface area contributed by atoms with Crippen molar-refractivity contribution in [2.75, 3.05) is 20.3 Å². The van der Waals surface area contributed by atoms with Crippen LogP contribution in [-0.2, 0) is 33.3 Å². The number of rotatable bonds is 8. The fraction of sp³-hybridized carbons (Fsp3) is 0.462. The standard InChI is InChI=1S/C26H30O12/c1-34-24(33)17-11-36-25(20-14(10-27)5-8-16(17)20)38-26-23(32)22(31)21(30)18(37-26)12-35-19(29)9-4-13-2-6-15(28)7-3-13/h2-7,9,11,16,18,20-23,25-28,30-32H,8,10,12H2,1H3/t16-,18-,20-,21-,22+,23-,25+,26-/m1/s1. The van der Waals surface area contributed by atoms with Crippen molar-refractivity contribution < 1.29 is 58.8 Å². The van der Waals surface area contributed by atoms with Gasteiger partial charge in [-0.15, -0.1) is 0 Å². The molecule has 0 spiro atoms. The quantitative estimate of drug-likeness (QED) is 0.168. The summed E-state index contributed by atoms with van der Waals surface area (Å²) in [5, 5.41) is 50.4. The molecular weight excluding hydrogens is 504 g/mol. The second-order valence-electron chi connectivity index (χ2n) is 9.08. The number of esters is 2. The molecule has 12 heteroatoms. The third-order valence-corrected chi connectivity index (χ3v) is 6.75. The molecule has 0 saturated carbocycles. The van der Waals surface area contributed by atoms with Gasteiger partial charge in [0.25, 0.3) is 0 Å². The van der Waals surface area contributed by atoms with Gasteiger partial charge < -0.3 is 49.2 Å². The van der Waals surface area contributed by atoms with Gasteiger partial charge >= 0.3 is 11.9 Å². The minimum atomic E-state index is -1.69. The van der Waals surface area contributed by atoms with Gasteiger partial charge in [-0.2, -0.15) is 0 Å². The molecular formula is C26H30O12. The first-order valence-corrected chi connectivity index (χ1v) is 12.0. The van der Waals surface area contributed by atoms with Crippen molar-refractivity contribution in [1.82, 2.24) is 0 Å². The number of aliphatic hydroxyl groups excluding tert-OH is 4. The Hall–Kier alpha value is -3.26. The van der Waals surface area contributed by atoms with Crippen molar-refractivity contribution in [1.29, 1.82) is 0 Å². The zero-order valence-corrected chi connectivity index (χ0v) is 20.5. The molecule has 8 atom stereocenters. The maximum Gasteiger partial charge on any atom is 0.337 e. The summed E-state index contributed by atoms with van der Waals surface area (Å²) in [6, 6.07) is 6.10. The monoisotopic (exact) mass is 534 g/mol. The van der Waals surface area contributed by atoms with Crippen LogP contribution in [0.4, 0.5) is 0 Å². The van der Waals surface area contributed by atoms with E-state index in [0.717, 1.165) is 6.08 Å². The summed E-state index contributed by atoms with van der Waals surface area (Å²) in [5.41, 5.74) is 1.47. The Bertz CT molecular complexity index is 1090. The van der Waals surface area contributed by atoms with Crippen molar-refractivity contribution in [2.45, 2.75) is 43.4 Å². The molecule has 38 heavy (non-hydrogen) atoms. The number of carbonyl (C=O) groups is 2. The van der Waals surface area contributed by atoms with Crippen LogP contribution >= 0.6 is 0 Å². The molecule has 12 nitrogen and oxygen atoms in total. The topological polar surface area (TPSA) is 181 Å². The Morgan fingerprint density at radius 3 is 2.50 bits per heavy atom. The highest BCUT2D eigenvalue weighted by Crippen LogP contribution is 2.44. The third-order valence-electron chi connectivity index (χ3n) is 6.75. The van der Waals surface area contributed by atoms with E-state index >= 15 is 0 Å². The number of methoxy groups -OCH3 is 1. The second kappa shape index (κ2) is 12.1. The minimum Gasteiger partial charge on any atom is -0.508 e. The molecule has 5 N–H and O–H groups in total. The molecule has 1 aliphatic carbocycles. The van der Waals surface area contributed by atoms with Crippen molar-refractivity contribution >= 4 is 18.0 Å². The first kappa shape index (κ1) is 27.8. The van der Waals surface area contributed by atoms with E-state index in [-0.39, 0.29) is 17.9 Å². The number of hydrogen-bond acceptors (Lipinski definition) is 12. The van der Waals surface area contributed by atoms with Crippen LogP contribution in [0.2, 0.25) is 0 Å². The van der Waals surface area contributed by atoms with Crippen LogP contribution in [0.3, 0.4) is 0 Å². The molecule has 2 heterocycles. The van der Waals surface area contributed by atoms with Crippen molar-refractivity contribution in [2.24, 2.45) is 11.8 Å². The molecule has 1 fully saturated rings. The van der Waals surface area contributed by atoms with Crippen LogP contribution in [-0.4, -0.2) is 94.8 Å². The van der Waals surface area contributed by atoms with E-state index in [0.29, 0.717) is 17.6 Å². The highest BCUT2D eigenvalue weighted by molar-refractivity contribution is 5.89. The van der Waals surface area contributed by atoms with Gasteiger partial charge in [-0.3, -0.25) is 0 Å². The zero-order chi connectivity index (χ0) is 27.4. The molecule has 0 unspecified atom stereocenters. The largest absolute Gasteiger partial charge is 0.508 e. The average Bonchev–Trinajstić information content (AvgIpc) is 3.36. The van der Waals surface area contributed by atoms with Gasteiger partial charge in [0.1, 0.15) is 36.8 Å². The lowest BCUT2D eigenvalue weighted by molar-refractivity contribution is -0.339. The van der Waals surface area contributed by atoms with Crippen molar-refractivity contribution in [3.8, 4) is 5.75 Å². The van der Waals surface area contributed by atoms with Crippen LogP contribution in [0.25, 0.3) is 6.08 Å². The average molecular weight is 535 g/mol. The lowest BCUT2D eigenvalue weighted by Crippen LogP contribution is -2.60. The summed E-state index contributed by atoms with van der Waals surface area (Å²) in [4.78, 5) is 24.3. The number of aromatic hydroxyl groups is 1. The highest BCUT2D eigenvalue weighted by Gasteiger charge is 2.50. The SMILES string of the molecule is COC(=O)C1=CO[C@@H](O[C@H]2O[C@H](COC(=O)C=Cc3ccc(O)cc3)[C@@H](O)[C@H](O)[C@H]2O)[C@@H]2C(CO)=CC[C@H]12. The van der Waals surface area contributed by atoms with Gasteiger partial charge in [-0.05, 0) is 35.8 Å². The van der Waals surface area contributed by atoms with Crippen molar-refractivity contribution in [3.05, 3.63) is 59.4 Å². The first-order chi connectivity index (χ1) is 18.2. The number of benzene rings is 1. The Morgan fingerprint density at radius 1 is 1.08 bits per heavy atom. The van der Waals surface area contributed by atoms with E-state index in [1.54, 1.807) is 18.2 Å². The van der Waals surface area contributed by atoms with Gasteiger partial charge in [-0.1, -0.05) is 18.2 Å². The Morgan fingerprint density at radius 2 is 1.82 bits per heavy atom. The first-order valence-electron chi connectivity index (χ1n) is 12.0. The van der Waals surface area contributed by atoms with E-state index in [9.17, 15) is 35.1 Å². The summed E-state index contributed by atoms with van der Waals surface area (Å²) >= 11 is 0.